The van der Waals surface area contributed by atoms with E-state index in [1.54, 1.807) is 44.4 Å². The van der Waals surface area contributed by atoms with Crippen LogP contribution in [0.4, 0.5) is 5.69 Å². The summed E-state index contributed by atoms with van der Waals surface area (Å²) in [6.07, 6.45) is 0.679. The number of aryl methyl sites for hydroxylation is 2. The zero-order valence-electron chi connectivity index (χ0n) is 16.7. The van der Waals surface area contributed by atoms with Crippen LogP contribution >= 0.6 is 0 Å². The maximum Gasteiger partial charge on any atom is 0.224 e. The fourth-order valence-electron chi connectivity index (χ4n) is 2.91. The molecule has 0 unspecified atom stereocenters. The summed E-state index contributed by atoms with van der Waals surface area (Å²) in [4.78, 5) is 23.7. The number of Topliss-reactive ketones (excluding diaryl/α,β-unsaturated/α-hetero) is 1. The Hall–Kier alpha value is -3.54. The molecule has 0 bridgehead atoms. The van der Waals surface area contributed by atoms with Gasteiger partial charge in [-0.3, -0.25) is 9.59 Å². The fraction of sp³-hybridized carbons (Fsp3) is 0.217. The molecule has 3 aromatic rings. The Morgan fingerprint density at radius 1 is 1.03 bits per heavy atom. The highest BCUT2D eigenvalue weighted by molar-refractivity contribution is 5.95. The van der Waals surface area contributed by atoms with E-state index in [2.05, 4.69) is 5.32 Å². The van der Waals surface area contributed by atoms with Gasteiger partial charge in [0.15, 0.2) is 17.3 Å². The first kappa shape index (κ1) is 20.2. The number of anilines is 1. The summed E-state index contributed by atoms with van der Waals surface area (Å²) in [6, 6.07) is 16.2. The van der Waals surface area contributed by atoms with Gasteiger partial charge in [-0.2, -0.15) is 0 Å². The molecule has 0 spiro atoms. The monoisotopic (exact) mass is 393 g/mol. The molecule has 1 amide bonds. The second-order valence-electron chi connectivity index (χ2n) is 6.56. The number of ether oxygens (including phenoxy) is 2. The van der Waals surface area contributed by atoms with Crippen LogP contribution in [-0.2, 0) is 11.2 Å². The van der Waals surface area contributed by atoms with Crippen molar-refractivity contribution in [1.29, 1.82) is 0 Å². The van der Waals surface area contributed by atoms with Crippen molar-refractivity contribution in [2.45, 2.75) is 26.7 Å². The zero-order valence-corrected chi connectivity index (χ0v) is 16.7. The van der Waals surface area contributed by atoms with E-state index < -0.39 is 0 Å². The minimum absolute atomic E-state index is 0.0441. The van der Waals surface area contributed by atoms with E-state index in [0.717, 1.165) is 0 Å². The van der Waals surface area contributed by atoms with Gasteiger partial charge in [0.25, 0.3) is 0 Å². The normalized spacial score (nSPS) is 10.4. The van der Waals surface area contributed by atoms with Gasteiger partial charge in [-0.25, -0.2) is 0 Å². The minimum Gasteiger partial charge on any atom is -0.493 e. The highest BCUT2D eigenvalue weighted by Crippen LogP contribution is 2.31. The molecule has 1 N–H and O–H groups in total. The minimum atomic E-state index is -0.137. The standard InChI is InChI=1S/C23H23NO5/c1-15(25)20-14-19(28-16(20)2)12-13-23(26)24-17-8-10-18(11-9-17)29-22-7-5-4-6-21(22)27-3/h4-11,14H,12-13H2,1-3H3,(H,24,26). The molecular weight excluding hydrogens is 370 g/mol. The molecule has 1 aromatic heterocycles. The highest BCUT2D eigenvalue weighted by Gasteiger charge is 2.12. The number of furan rings is 1. The summed E-state index contributed by atoms with van der Waals surface area (Å²) in [5, 5.41) is 2.84. The molecule has 6 heteroatoms. The van der Waals surface area contributed by atoms with Crippen molar-refractivity contribution in [2.75, 3.05) is 12.4 Å². The van der Waals surface area contributed by atoms with Crippen LogP contribution in [-0.4, -0.2) is 18.8 Å². The summed E-state index contributed by atoms with van der Waals surface area (Å²) in [6.45, 7) is 3.24. The number of nitrogens with one attached hydrogen (secondary N) is 1. The van der Waals surface area contributed by atoms with Crippen molar-refractivity contribution in [3.63, 3.8) is 0 Å². The smallest absolute Gasteiger partial charge is 0.224 e. The average Bonchev–Trinajstić information content (AvgIpc) is 3.09. The van der Waals surface area contributed by atoms with Crippen LogP contribution in [0.25, 0.3) is 0 Å². The van der Waals surface area contributed by atoms with E-state index in [1.165, 1.54) is 6.92 Å². The van der Waals surface area contributed by atoms with Gasteiger partial charge in [0.05, 0.1) is 12.7 Å². The fourth-order valence-corrected chi connectivity index (χ4v) is 2.91. The molecule has 150 valence electrons. The van der Waals surface area contributed by atoms with Crippen molar-refractivity contribution in [1.82, 2.24) is 0 Å². The number of benzene rings is 2. The Morgan fingerprint density at radius 2 is 1.72 bits per heavy atom. The summed E-state index contributed by atoms with van der Waals surface area (Å²) in [5.74, 6) is 2.92. The third-order valence-corrected chi connectivity index (χ3v) is 4.38. The van der Waals surface area contributed by atoms with E-state index >= 15 is 0 Å². The van der Waals surface area contributed by atoms with Gasteiger partial charge in [-0.1, -0.05) is 12.1 Å². The Kier molecular flexibility index (Phi) is 6.34. The zero-order chi connectivity index (χ0) is 20.8. The summed E-state index contributed by atoms with van der Waals surface area (Å²) in [7, 11) is 1.59. The molecule has 0 saturated heterocycles. The lowest BCUT2D eigenvalue weighted by molar-refractivity contribution is -0.116. The summed E-state index contributed by atoms with van der Waals surface area (Å²) < 4.78 is 16.6. The number of carbonyl (C=O) groups excluding carboxylic acids is 2. The Balaban J connectivity index is 1.54. The van der Waals surface area contributed by atoms with Gasteiger partial charge in [-0.15, -0.1) is 0 Å². The maximum atomic E-state index is 12.2. The number of para-hydroxylation sites is 2. The molecule has 0 saturated carbocycles. The molecular formula is C23H23NO5. The van der Waals surface area contributed by atoms with Gasteiger partial charge in [0.2, 0.25) is 5.91 Å². The number of rotatable bonds is 8. The molecule has 0 fully saturated rings. The number of hydrogen-bond donors (Lipinski definition) is 1. The molecule has 3 rings (SSSR count). The Morgan fingerprint density at radius 3 is 2.34 bits per heavy atom. The molecule has 0 aliphatic heterocycles. The number of methoxy groups -OCH3 is 1. The number of carbonyl (C=O) groups is 2. The van der Waals surface area contributed by atoms with Gasteiger partial charge in [0, 0.05) is 18.5 Å². The molecule has 2 aromatic carbocycles. The van der Waals surface area contributed by atoms with Crippen LogP contribution in [0.2, 0.25) is 0 Å². The van der Waals surface area contributed by atoms with Gasteiger partial charge < -0.3 is 19.2 Å². The largest absolute Gasteiger partial charge is 0.493 e. The predicted molar refractivity (Wildman–Crippen MR) is 110 cm³/mol. The lowest BCUT2D eigenvalue weighted by atomic mass is 10.1. The van der Waals surface area contributed by atoms with Crippen molar-refractivity contribution in [3.05, 3.63) is 71.7 Å². The van der Waals surface area contributed by atoms with Gasteiger partial charge in [0.1, 0.15) is 17.3 Å². The van der Waals surface area contributed by atoms with E-state index in [4.69, 9.17) is 13.9 Å². The van der Waals surface area contributed by atoms with Crippen molar-refractivity contribution < 1.29 is 23.5 Å². The second-order valence-corrected chi connectivity index (χ2v) is 6.56. The summed E-state index contributed by atoms with van der Waals surface area (Å²) >= 11 is 0. The first-order valence-corrected chi connectivity index (χ1v) is 9.27. The molecule has 0 aliphatic rings. The quantitative estimate of drug-likeness (QED) is 0.535. The molecule has 1 heterocycles. The van der Waals surface area contributed by atoms with E-state index in [0.29, 0.717) is 46.4 Å². The average molecular weight is 393 g/mol. The second kappa shape index (κ2) is 9.10. The topological polar surface area (TPSA) is 77.8 Å². The van der Waals surface area contributed by atoms with Crippen LogP contribution in [0.5, 0.6) is 17.2 Å². The van der Waals surface area contributed by atoms with E-state index in [-0.39, 0.29) is 18.1 Å². The lowest BCUT2D eigenvalue weighted by Crippen LogP contribution is -2.12. The van der Waals surface area contributed by atoms with Crippen molar-refractivity contribution in [2.24, 2.45) is 0 Å². The third-order valence-electron chi connectivity index (χ3n) is 4.38. The summed E-state index contributed by atoms with van der Waals surface area (Å²) in [5.41, 5.74) is 1.23. The van der Waals surface area contributed by atoms with E-state index in [9.17, 15) is 9.59 Å². The van der Waals surface area contributed by atoms with Crippen LogP contribution in [0.15, 0.2) is 59.0 Å². The van der Waals surface area contributed by atoms with Crippen molar-refractivity contribution >= 4 is 17.4 Å². The molecule has 0 aliphatic carbocycles. The maximum absolute atomic E-state index is 12.2. The first-order chi connectivity index (χ1) is 14.0. The molecule has 0 atom stereocenters. The third kappa shape index (κ3) is 5.25. The Labute approximate surface area is 169 Å². The number of ketones is 1. The van der Waals surface area contributed by atoms with Gasteiger partial charge in [-0.05, 0) is 56.3 Å². The predicted octanol–water partition coefficient (Wildman–Crippen LogP) is 5.16. The number of hydrogen-bond acceptors (Lipinski definition) is 5. The van der Waals surface area contributed by atoms with Gasteiger partial charge >= 0.3 is 0 Å². The SMILES string of the molecule is COc1ccccc1Oc1ccc(NC(=O)CCc2cc(C(C)=O)c(C)o2)cc1. The number of amides is 1. The Bertz CT molecular complexity index is 1000. The molecule has 6 nitrogen and oxygen atoms in total. The first-order valence-electron chi connectivity index (χ1n) is 9.27. The highest BCUT2D eigenvalue weighted by atomic mass is 16.5. The van der Waals surface area contributed by atoms with Crippen LogP contribution < -0.4 is 14.8 Å². The molecule has 0 radical (unpaired) electrons. The van der Waals surface area contributed by atoms with Crippen LogP contribution in [0, 0.1) is 6.92 Å². The molecule has 29 heavy (non-hydrogen) atoms. The van der Waals surface area contributed by atoms with Crippen LogP contribution in [0.3, 0.4) is 0 Å². The van der Waals surface area contributed by atoms with Crippen molar-refractivity contribution in [3.8, 4) is 17.2 Å². The van der Waals surface area contributed by atoms with Crippen LogP contribution in [0.1, 0.15) is 35.2 Å². The lowest BCUT2D eigenvalue weighted by Gasteiger charge is -2.10. The van der Waals surface area contributed by atoms with E-state index in [1.807, 2.05) is 24.3 Å².